The topological polar surface area (TPSA) is 66.5 Å². The van der Waals surface area contributed by atoms with Crippen molar-refractivity contribution in [3.63, 3.8) is 0 Å². The summed E-state index contributed by atoms with van der Waals surface area (Å²) in [6.45, 7) is 4.33. The molecule has 2 rings (SSSR count). The first-order valence-corrected chi connectivity index (χ1v) is 11.7. The molecular weight excluding hydrogens is 380 g/mol. The summed E-state index contributed by atoms with van der Waals surface area (Å²) in [6.07, 6.45) is 1.99. The van der Waals surface area contributed by atoms with E-state index in [1.807, 2.05) is 38.1 Å². The number of amides is 1. The minimum absolute atomic E-state index is 0.223. The fraction of sp³-hybridized carbons (Fsp3) is 0.350. The van der Waals surface area contributed by atoms with Crippen LogP contribution in [0.2, 0.25) is 0 Å². The smallest absolute Gasteiger partial charge is 0.240 e. The van der Waals surface area contributed by atoms with E-state index in [1.54, 1.807) is 23.9 Å². The van der Waals surface area contributed by atoms with E-state index in [2.05, 4.69) is 17.4 Å². The lowest BCUT2D eigenvalue weighted by Gasteiger charge is -2.22. The van der Waals surface area contributed by atoms with E-state index in [1.165, 1.54) is 5.56 Å². The maximum Gasteiger partial charge on any atom is 0.240 e. The van der Waals surface area contributed by atoms with E-state index >= 15 is 0 Å². The molecule has 0 spiro atoms. The number of carbonyl (C=O) groups is 1. The highest BCUT2D eigenvalue weighted by atomic mass is 32.2. The summed E-state index contributed by atoms with van der Waals surface area (Å²) in [5.74, 6) is 0.406. The lowest BCUT2D eigenvalue weighted by molar-refractivity contribution is -0.119. The van der Waals surface area contributed by atoms with Crippen molar-refractivity contribution in [1.82, 2.24) is 5.32 Å². The molecule has 0 saturated heterocycles. The summed E-state index contributed by atoms with van der Waals surface area (Å²) >= 11 is 1.65. The molecule has 5 nitrogen and oxygen atoms in total. The van der Waals surface area contributed by atoms with Crippen LogP contribution in [0, 0.1) is 6.92 Å². The number of sulfonamides is 1. The third kappa shape index (κ3) is 6.92. The van der Waals surface area contributed by atoms with Crippen LogP contribution in [0.4, 0.5) is 5.69 Å². The second-order valence-electron chi connectivity index (χ2n) is 6.30. The van der Waals surface area contributed by atoms with Gasteiger partial charge in [0.1, 0.15) is 6.54 Å². The van der Waals surface area contributed by atoms with Gasteiger partial charge in [0.15, 0.2) is 0 Å². The zero-order valence-corrected chi connectivity index (χ0v) is 17.6. The molecule has 0 unspecified atom stereocenters. The molecule has 0 fully saturated rings. The molecule has 2 aromatic rings. The summed E-state index contributed by atoms with van der Waals surface area (Å²) in [4.78, 5) is 13.4. The highest BCUT2D eigenvalue weighted by Gasteiger charge is 2.20. The maximum absolute atomic E-state index is 12.2. The van der Waals surface area contributed by atoms with Crippen molar-refractivity contribution in [2.45, 2.75) is 25.2 Å². The van der Waals surface area contributed by atoms with Crippen LogP contribution in [-0.4, -0.2) is 39.4 Å². The van der Waals surface area contributed by atoms with Gasteiger partial charge in [0, 0.05) is 17.2 Å². The van der Waals surface area contributed by atoms with Crippen LogP contribution in [0.15, 0.2) is 53.4 Å². The molecule has 146 valence electrons. The van der Waals surface area contributed by atoms with Crippen molar-refractivity contribution >= 4 is 33.4 Å². The molecule has 2 aromatic carbocycles. The van der Waals surface area contributed by atoms with Crippen LogP contribution in [-0.2, 0) is 21.2 Å². The van der Waals surface area contributed by atoms with E-state index < -0.39 is 10.0 Å². The third-order valence-electron chi connectivity index (χ3n) is 4.03. The van der Waals surface area contributed by atoms with Crippen molar-refractivity contribution in [1.29, 1.82) is 0 Å². The van der Waals surface area contributed by atoms with E-state index in [9.17, 15) is 13.2 Å². The highest BCUT2D eigenvalue weighted by Crippen LogP contribution is 2.19. The number of benzene rings is 2. The molecule has 7 heteroatoms. The summed E-state index contributed by atoms with van der Waals surface area (Å²) in [6, 6.07) is 15.4. The summed E-state index contributed by atoms with van der Waals surface area (Å²) < 4.78 is 25.3. The van der Waals surface area contributed by atoms with Crippen LogP contribution in [0.25, 0.3) is 0 Å². The predicted molar refractivity (Wildman–Crippen MR) is 113 cm³/mol. The Labute approximate surface area is 166 Å². The number of nitrogens with one attached hydrogen (secondary N) is 1. The Morgan fingerprint density at radius 1 is 1.07 bits per heavy atom. The molecular formula is C20H26N2O3S2. The number of hydrogen-bond acceptors (Lipinski definition) is 4. The fourth-order valence-electron chi connectivity index (χ4n) is 2.48. The number of rotatable bonds is 9. The molecule has 0 atom stereocenters. The van der Waals surface area contributed by atoms with Crippen molar-refractivity contribution < 1.29 is 13.2 Å². The molecule has 1 N–H and O–H groups in total. The largest absolute Gasteiger partial charge is 0.354 e. The molecule has 0 saturated carbocycles. The van der Waals surface area contributed by atoms with Gasteiger partial charge in [-0.2, -0.15) is 0 Å². The zero-order valence-electron chi connectivity index (χ0n) is 15.9. The monoisotopic (exact) mass is 406 g/mol. The molecule has 1 amide bonds. The minimum Gasteiger partial charge on any atom is -0.354 e. The molecule has 0 radical (unpaired) electrons. The number of thioether (sulfide) groups is 1. The van der Waals surface area contributed by atoms with Crippen molar-refractivity contribution in [2.24, 2.45) is 0 Å². The third-order valence-corrected chi connectivity index (χ3v) is 6.19. The van der Waals surface area contributed by atoms with Gasteiger partial charge in [0.05, 0.1) is 11.9 Å². The highest BCUT2D eigenvalue weighted by molar-refractivity contribution is 7.99. The van der Waals surface area contributed by atoms with Crippen LogP contribution in [0.3, 0.4) is 0 Å². The van der Waals surface area contributed by atoms with Gasteiger partial charge >= 0.3 is 0 Å². The first-order valence-electron chi connectivity index (χ1n) is 8.82. The Morgan fingerprint density at radius 2 is 1.70 bits per heavy atom. The Bertz CT molecular complexity index is 848. The first kappa shape index (κ1) is 21.3. The SMILES string of the molecule is CCc1ccc(N(CC(=O)NCCSc2ccc(C)cc2)S(C)(=O)=O)cc1. The Kier molecular flexibility index (Phi) is 7.74. The quantitative estimate of drug-likeness (QED) is 0.513. The molecule has 0 bridgehead atoms. The minimum atomic E-state index is -3.54. The lowest BCUT2D eigenvalue weighted by atomic mass is 10.1. The van der Waals surface area contributed by atoms with Gasteiger partial charge in [-0.15, -0.1) is 11.8 Å². The van der Waals surface area contributed by atoms with E-state index in [0.717, 1.165) is 33.2 Å². The number of nitrogens with zero attached hydrogens (tertiary/aromatic N) is 1. The van der Waals surface area contributed by atoms with Crippen LogP contribution >= 0.6 is 11.8 Å². The fourth-order valence-corrected chi connectivity index (χ4v) is 4.10. The Hall–Kier alpha value is -1.99. The van der Waals surface area contributed by atoms with Crippen molar-refractivity contribution in [2.75, 3.05) is 29.4 Å². The van der Waals surface area contributed by atoms with Gasteiger partial charge in [0.25, 0.3) is 0 Å². The molecule has 0 aliphatic rings. The molecule has 0 aliphatic carbocycles. The van der Waals surface area contributed by atoms with Gasteiger partial charge in [-0.3, -0.25) is 9.10 Å². The first-order chi connectivity index (χ1) is 12.8. The van der Waals surface area contributed by atoms with Gasteiger partial charge in [-0.25, -0.2) is 8.42 Å². The van der Waals surface area contributed by atoms with Gasteiger partial charge in [-0.05, 0) is 43.2 Å². The lowest BCUT2D eigenvalue weighted by Crippen LogP contribution is -2.41. The maximum atomic E-state index is 12.2. The van der Waals surface area contributed by atoms with Crippen molar-refractivity contribution in [3.05, 3.63) is 59.7 Å². The summed E-state index contributed by atoms with van der Waals surface area (Å²) in [5.41, 5.74) is 2.82. The van der Waals surface area contributed by atoms with Gasteiger partial charge in [0.2, 0.25) is 15.9 Å². The number of carbonyl (C=O) groups excluding carboxylic acids is 1. The summed E-state index contributed by atoms with van der Waals surface area (Å²) in [7, 11) is -3.54. The van der Waals surface area contributed by atoms with E-state index in [-0.39, 0.29) is 12.5 Å². The zero-order chi connectivity index (χ0) is 19.9. The van der Waals surface area contributed by atoms with Crippen LogP contribution in [0.1, 0.15) is 18.1 Å². The number of anilines is 1. The predicted octanol–water partition coefficient (Wildman–Crippen LogP) is 3.23. The molecule has 27 heavy (non-hydrogen) atoms. The number of hydrogen-bond donors (Lipinski definition) is 1. The number of aryl methyl sites for hydroxylation is 2. The normalized spacial score (nSPS) is 11.2. The molecule has 0 heterocycles. The second-order valence-corrected chi connectivity index (χ2v) is 9.38. The average Bonchev–Trinajstić information content (AvgIpc) is 2.64. The van der Waals surface area contributed by atoms with E-state index in [4.69, 9.17) is 0 Å². The van der Waals surface area contributed by atoms with Gasteiger partial charge < -0.3 is 5.32 Å². The molecule has 0 aromatic heterocycles. The average molecular weight is 407 g/mol. The second kappa shape index (κ2) is 9.80. The Balaban J connectivity index is 1.88. The van der Waals surface area contributed by atoms with Gasteiger partial charge in [-0.1, -0.05) is 36.8 Å². The molecule has 0 aliphatic heterocycles. The summed E-state index contributed by atoms with van der Waals surface area (Å²) in [5, 5.41) is 2.79. The van der Waals surface area contributed by atoms with Crippen molar-refractivity contribution in [3.8, 4) is 0 Å². The Morgan fingerprint density at radius 3 is 2.26 bits per heavy atom. The van der Waals surface area contributed by atoms with E-state index in [0.29, 0.717) is 12.2 Å². The standard InChI is InChI=1S/C20H26N2O3S2/c1-4-17-7-9-18(10-8-17)22(27(3,24)25)15-20(23)21-13-14-26-19-11-5-16(2)6-12-19/h5-12H,4,13-15H2,1-3H3,(H,21,23). The van der Waals surface area contributed by atoms with Crippen LogP contribution < -0.4 is 9.62 Å². The van der Waals surface area contributed by atoms with Crippen LogP contribution in [0.5, 0.6) is 0 Å².